The lowest BCUT2D eigenvalue weighted by atomic mass is 10.5. The lowest BCUT2D eigenvalue weighted by Crippen LogP contribution is -1.96. The second kappa shape index (κ2) is 2.89. The number of hydrogen-bond donors (Lipinski definition) is 0. The van der Waals surface area contributed by atoms with E-state index in [1.54, 1.807) is 13.0 Å². The molecule has 2 rings (SSSR count). The molecule has 2 aromatic heterocycles. The van der Waals surface area contributed by atoms with Crippen molar-refractivity contribution in [1.82, 2.24) is 19.6 Å². The van der Waals surface area contributed by atoms with Gasteiger partial charge in [-0.15, -0.1) is 5.10 Å². The van der Waals surface area contributed by atoms with E-state index < -0.39 is 14.2 Å². The van der Waals surface area contributed by atoms with Crippen LogP contribution in [0.25, 0.3) is 5.78 Å². The van der Waals surface area contributed by atoms with Gasteiger partial charge in [0.05, 0.1) is 0 Å². The van der Waals surface area contributed by atoms with E-state index in [0.29, 0.717) is 0 Å². The summed E-state index contributed by atoms with van der Waals surface area (Å²) in [6.45, 7) is 1.76. The van der Waals surface area contributed by atoms with Gasteiger partial charge < -0.3 is 0 Å². The van der Waals surface area contributed by atoms with Gasteiger partial charge in [-0.05, 0) is 13.0 Å². The van der Waals surface area contributed by atoms with E-state index in [9.17, 15) is 8.42 Å². The van der Waals surface area contributed by atoms with Crippen molar-refractivity contribution >= 4 is 25.5 Å². The van der Waals surface area contributed by atoms with E-state index in [1.165, 1.54) is 10.7 Å². The molecular formula is C6H5ClN4O2S. The summed E-state index contributed by atoms with van der Waals surface area (Å²) < 4.78 is 23.1. The average molecular weight is 233 g/mol. The zero-order chi connectivity index (χ0) is 10.3. The minimum Gasteiger partial charge on any atom is -0.220 e. The van der Waals surface area contributed by atoms with Crippen LogP contribution in [0.1, 0.15) is 5.69 Å². The molecule has 0 spiro atoms. The Labute approximate surface area is 84.0 Å². The fourth-order valence-electron chi connectivity index (χ4n) is 0.991. The van der Waals surface area contributed by atoms with Crippen LogP contribution >= 0.6 is 10.7 Å². The number of hydrogen-bond acceptors (Lipinski definition) is 5. The third kappa shape index (κ3) is 1.44. The molecule has 74 valence electrons. The molecule has 0 aliphatic rings. The summed E-state index contributed by atoms with van der Waals surface area (Å²) >= 11 is 0. The first-order valence-corrected chi connectivity index (χ1v) is 5.92. The Balaban J connectivity index is 2.81. The molecule has 14 heavy (non-hydrogen) atoms. The van der Waals surface area contributed by atoms with Crippen LogP contribution in [0.15, 0.2) is 17.4 Å². The van der Waals surface area contributed by atoms with E-state index in [-0.39, 0.29) is 5.78 Å². The number of aryl methyl sites for hydroxylation is 1. The Morgan fingerprint density at radius 3 is 2.79 bits per heavy atom. The molecule has 0 fully saturated rings. The number of aromatic nitrogens is 4. The van der Waals surface area contributed by atoms with E-state index >= 15 is 0 Å². The summed E-state index contributed by atoms with van der Waals surface area (Å²) in [5.74, 6) is 0.212. The van der Waals surface area contributed by atoms with E-state index in [2.05, 4.69) is 15.1 Å². The number of fused-ring (bicyclic) bond motifs is 1. The molecule has 0 aliphatic carbocycles. The molecule has 0 aliphatic heterocycles. The molecule has 0 radical (unpaired) electrons. The first kappa shape index (κ1) is 9.35. The minimum atomic E-state index is -3.89. The molecular weight excluding hydrogens is 228 g/mol. The van der Waals surface area contributed by atoms with Gasteiger partial charge in [-0.25, -0.2) is 17.9 Å². The zero-order valence-corrected chi connectivity index (χ0v) is 8.62. The Morgan fingerprint density at radius 2 is 2.21 bits per heavy atom. The van der Waals surface area contributed by atoms with Gasteiger partial charge in [0.1, 0.15) is 0 Å². The standard InChI is InChI=1S/C6H5ClN4O2S/c1-4-2-3-8-5-9-6(10-11(4)5)14(7,12)13/h2-3H,1H3. The van der Waals surface area contributed by atoms with Gasteiger partial charge in [-0.2, -0.15) is 4.98 Å². The quantitative estimate of drug-likeness (QED) is 0.664. The highest BCUT2D eigenvalue weighted by molar-refractivity contribution is 8.13. The Hall–Kier alpha value is -1.21. The minimum absolute atomic E-state index is 0.212. The maximum atomic E-state index is 10.9. The van der Waals surface area contributed by atoms with Crippen LogP contribution in [0, 0.1) is 6.92 Å². The van der Waals surface area contributed by atoms with Crippen LogP contribution in [0.3, 0.4) is 0 Å². The summed E-state index contributed by atoms with van der Waals surface area (Å²) in [6.07, 6.45) is 1.52. The van der Waals surface area contributed by atoms with Gasteiger partial charge >= 0.3 is 0 Å². The molecule has 6 nitrogen and oxygen atoms in total. The third-order valence-corrected chi connectivity index (χ3v) is 2.65. The fraction of sp³-hybridized carbons (Fsp3) is 0.167. The molecule has 0 unspecified atom stereocenters. The van der Waals surface area contributed by atoms with Crippen molar-refractivity contribution in [3.05, 3.63) is 18.0 Å². The summed E-state index contributed by atoms with van der Waals surface area (Å²) in [5.41, 5.74) is 0.731. The van der Waals surface area contributed by atoms with E-state index in [0.717, 1.165) is 5.69 Å². The monoisotopic (exact) mass is 232 g/mol. The Bertz CT molecular complexity index is 591. The maximum Gasteiger partial charge on any atom is 0.298 e. The van der Waals surface area contributed by atoms with Crippen LogP contribution in [-0.4, -0.2) is 28.0 Å². The summed E-state index contributed by atoms with van der Waals surface area (Å²) in [6, 6.07) is 1.69. The van der Waals surface area contributed by atoms with Crippen LogP contribution < -0.4 is 0 Å². The highest BCUT2D eigenvalue weighted by Gasteiger charge is 2.17. The van der Waals surface area contributed by atoms with Gasteiger partial charge in [0.25, 0.3) is 20.0 Å². The van der Waals surface area contributed by atoms with E-state index in [4.69, 9.17) is 10.7 Å². The number of rotatable bonds is 1. The molecule has 8 heteroatoms. The third-order valence-electron chi connectivity index (χ3n) is 1.63. The van der Waals surface area contributed by atoms with Crippen molar-refractivity contribution in [2.45, 2.75) is 12.1 Å². The number of halogens is 1. The van der Waals surface area contributed by atoms with Crippen molar-refractivity contribution in [2.24, 2.45) is 0 Å². The predicted molar refractivity (Wildman–Crippen MR) is 48.6 cm³/mol. The van der Waals surface area contributed by atoms with Crippen molar-refractivity contribution in [1.29, 1.82) is 0 Å². The highest BCUT2D eigenvalue weighted by atomic mass is 35.7. The molecule has 0 amide bonds. The van der Waals surface area contributed by atoms with E-state index in [1.807, 2.05) is 0 Å². The summed E-state index contributed by atoms with van der Waals surface area (Å²) in [7, 11) is 1.20. The molecule has 2 heterocycles. The van der Waals surface area contributed by atoms with Gasteiger partial charge in [0.2, 0.25) is 0 Å². The van der Waals surface area contributed by atoms with Crippen LogP contribution in [-0.2, 0) is 9.05 Å². The maximum absolute atomic E-state index is 10.9. The fourth-order valence-corrected chi connectivity index (χ4v) is 1.56. The van der Waals surface area contributed by atoms with Gasteiger partial charge in [0, 0.05) is 22.6 Å². The first-order valence-electron chi connectivity index (χ1n) is 3.61. The average Bonchev–Trinajstić information content (AvgIpc) is 2.48. The topological polar surface area (TPSA) is 77.2 Å². The van der Waals surface area contributed by atoms with Gasteiger partial charge in [0.15, 0.2) is 0 Å². The number of nitrogens with zero attached hydrogens (tertiary/aromatic N) is 4. The normalized spacial score (nSPS) is 12.1. The van der Waals surface area contributed by atoms with Crippen LogP contribution in [0.4, 0.5) is 0 Å². The highest BCUT2D eigenvalue weighted by Crippen LogP contribution is 2.10. The Kier molecular flexibility index (Phi) is 1.93. The Morgan fingerprint density at radius 1 is 1.50 bits per heavy atom. The van der Waals surface area contributed by atoms with Gasteiger partial charge in [-0.3, -0.25) is 0 Å². The lowest BCUT2D eigenvalue weighted by Gasteiger charge is -1.92. The largest absolute Gasteiger partial charge is 0.298 e. The molecule has 0 saturated heterocycles. The first-order chi connectivity index (χ1) is 6.48. The molecule has 0 atom stereocenters. The van der Waals surface area contributed by atoms with Crippen molar-refractivity contribution in [3.63, 3.8) is 0 Å². The summed E-state index contributed by atoms with van der Waals surface area (Å²) in [5, 5.41) is 3.28. The molecule has 0 N–H and O–H groups in total. The van der Waals surface area contributed by atoms with Gasteiger partial charge in [-0.1, -0.05) is 0 Å². The molecule has 0 aromatic carbocycles. The lowest BCUT2D eigenvalue weighted by molar-refractivity contribution is 0.601. The smallest absolute Gasteiger partial charge is 0.220 e. The van der Waals surface area contributed by atoms with Crippen LogP contribution in [0.2, 0.25) is 0 Å². The zero-order valence-electron chi connectivity index (χ0n) is 7.05. The molecule has 0 bridgehead atoms. The van der Waals surface area contributed by atoms with Crippen LogP contribution in [0.5, 0.6) is 0 Å². The van der Waals surface area contributed by atoms with Crippen molar-refractivity contribution < 1.29 is 8.42 Å². The van der Waals surface area contributed by atoms with Crippen molar-refractivity contribution in [3.8, 4) is 0 Å². The molecule has 2 aromatic rings. The van der Waals surface area contributed by atoms with Crippen molar-refractivity contribution in [2.75, 3.05) is 0 Å². The second-order valence-electron chi connectivity index (χ2n) is 2.63. The second-order valence-corrected chi connectivity index (χ2v) is 5.09. The summed E-state index contributed by atoms with van der Waals surface area (Å²) in [4.78, 5) is 7.51. The molecule has 0 saturated carbocycles. The SMILES string of the molecule is Cc1ccnc2nc(S(=O)(=O)Cl)nn12. The predicted octanol–water partition coefficient (Wildman–Crippen LogP) is 0.360.